The van der Waals surface area contributed by atoms with E-state index in [0.29, 0.717) is 12.1 Å². The van der Waals surface area contributed by atoms with Crippen molar-refractivity contribution in [3.63, 3.8) is 0 Å². The molecule has 1 unspecified atom stereocenters. The first-order chi connectivity index (χ1) is 10.1. The second-order valence-electron chi connectivity index (χ2n) is 4.64. The Hall–Kier alpha value is -2.63. The third-order valence-corrected chi connectivity index (χ3v) is 3.11. The van der Waals surface area contributed by atoms with E-state index < -0.39 is 17.9 Å². The number of carboxylic acid groups (broad SMARTS) is 1. The average Bonchev–Trinajstić information content (AvgIpc) is 2.96. The molecule has 1 amide bonds. The van der Waals surface area contributed by atoms with Crippen molar-refractivity contribution in [1.29, 1.82) is 0 Å². The van der Waals surface area contributed by atoms with Gasteiger partial charge >= 0.3 is 5.97 Å². The molecule has 0 aliphatic carbocycles. The van der Waals surface area contributed by atoms with Crippen LogP contribution < -0.4 is 5.32 Å². The summed E-state index contributed by atoms with van der Waals surface area (Å²) in [6.45, 7) is 2.56. The lowest BCUT2D eigenvalue weighted by Gasteiger charge is -2.14. The van der Waals surface area contributed by atoms with Crippen molar-refractivity contribution < 1.29 is 14.7 Å². The first-order valence-electron chi connectivity index (χ1n) is 6.70. The van der Waals surface area contributed by atoms with Crippen LogP contribution in [0.25, 0.3) is 0 Å². The van der Waals surface area contributed by atoms with Gasteiger partial charge in [0.2, 0.25) is 0 Å². The van der Waals surface area contributed by atoms with Gasteiger partial charge < -0.3 is 10.4 Å². The smallest absolute Gasteiger partial charge is 0.326 e. The number of amides is 1. The third kappa shape index (κ3) is 3.92. The fourth-order valence-electron chi connectivity index (χ4n) is 1.95. The lowest BCUT2D eigenvalue weighted by atomic mass is 10.1. The number of benzene rings is 1. The number of rotatable bonds is 6. The van der Waals surface area contributed by atoms with E-state index >= 15 is 0 Å². The van der Waals surface area contributed by atoms with E-state index in [1.54, 1.807) is 10.9 Å². The lowest BCUT2D eigenvalue weighted by molar-refractivity contribution is -0.139. The molecule has 0 aliphatic heterocycles. The molecule has 0 saturated heterocycles. The second kappa shape index (κ2) is 6.69. The molecule has 2 rings (SSSR count). The van der Waals surface area contributed by atoms with E-state index in [0.717, 1.165) is 5.56 Å². The van der Waals surface area contributed by atoms with Crippen LogP contribution in [0.3, 0.4) is 0 Å². The van der Waals surface area contributed by atoms with Crippen molar-refractivity contribution in [1.82, 2.24) is 15.1 Å². The Morgan fingerprint density at radius 2 is 2.05 bits per heavy atom. The van der Waals surface area contributed by atoms with Crippen molar-refractivity contribution in [3.05, 3.63) is 53.9 Å². The minimum Gasteiger partial charge on any atom is -0.480 e. The maximum Gasteiger partial charge on any atom is 0.326 e. The highest BCUT2D eigenvalue weighted by atomic mass is 16.4. The van der Waals surface area contributed by atoms with Gasteiger partial charge in [-0.1, -0.05) is 30.3 Å². The number of aliphatic carboxylic acids is 1. The topological polar surface area (TPSA) is 84.2 Å². The molecule has 6 heteroatoms. The minimum absolute atomic E-state index is 0.240. The molecule has 2 N–H and O–H groups in total. The average molecular weight is 287 g/mol. The molecule has 6 nitrogen and oxygen atoms in total. The number of aryl methyl sites for hydroxylation is 1. The lowest BCUT2D eigenvalue weighted by Crippen LogP contribution is -2.42. The van der Waals surface area contributed by atoms with Crippen LogP contribution in [0.1, 0.15) is 22.8 Å². The molecule has 1 aromatic heterocycles. The number of carboxylic acids is 1. The van der Waals surface area contributed by atoms with Crippen LogP contribution in [0, 0.1) is 0 Å². The number of nitrogens with zero attached hydrogens (tertiary/aromatic N) is 2. The second-order valence-corrected chi connectivity index (χ2v) is 4.64. The van der Waals surface area contributed by atoms with Crippen molar-refractivity contribution in [2.24, 2.45) is 0 Å². The summed E-state index contributed by atoms with van der Waals surface area (Å²) in [6.07, 6.45) is 3.26. The summed E-state index contributed by atoms with van der Waals surface area (Å²) in [5.41, 5.74) is 1.21. The van der Waals surface area contributed by atoms with Crippen LogP contribution in [0.15, 0.2) is 42.7 Å². The first-order valence-corrected chi connectivity index (χ1v) is 6.70. The number of carbonyl (C=O) groups excluding carboxylic acids is 1. The number of aromatic nitrogens is 2. The summed E-state index contributed by atoms with van der Waals surface area (Å²) in [6, 6.07) is 8.22. The van der Waals surface area contributed by atoms with Gasteiger partial charge in [0.15, 0.2) is 0 Å². The Kier molecular flexibility index (Phi) is 4.71. The van der Waals surface area contributed by atoms with E-state index in [1.807, 2.05) is 37.3 Å². The van der Waals surface area contributed by atoms with E-state index in [9.17, 15) is 14.7 Å². The normalized spacial score (nSPS) is 11.9. The molecule has 110 valence electrons. The van der Waals surface area contributed by atoms with Crippen LogP contribution in [-0.4, -0.2) is 32.8 Å². The van der Waals surface area contributed by atoms with Gasteiger partial charge in [0.1, 0.15) is 6.04 Å². The molecule has 0 bridgehead atoms. The molecule has 21 heavy (non-hydrogen) atoms. The highest BCUT2D eigenvalue weighted by Gasteiger charge is 2.21. The van der Waals surface area contributed by atoms with Gasteiger partial charge in [-0.15, -0.1) is 0 Å². The summed E-state index contributed by atoms with van der Waals surface area (Å²) >= 11 is 0. The first kappa shape index (κ1) is 14.8. The Labute approximate surface area is 122 Å². The van der Waals surface area contributed by atoms with Crippen LogP contribution in [0.4, 0.5) is 0 Å². The molecular formula is C15H17N3O3. The number of carbonyl (C=O) groups is 2. The number of nitrogens with one attached hydrogen (secondary N) is 1. The van der Waals surface area contributed by atoms with Gasteiger partial charge in [-0.05, 0) is 12.5 Å². The SMILES string of the molecule is CCn1cc(C(=O)NC(Cc2ccccc2)C(=O)O)cn1. The molecule has 1 heterocycles. The fraction of sp³-hybridized carbons (Fsp3) is 0.267. The van der Waals surface area contributed by atoms with E-state index in [-0.39, 0.29) is 6.42 Å². The molecule has 0 spiro atoms. The van der Waals surface area contributed by atoms with Crippen LogP contribution in [0.2, 0.25) is 0 Å². The van der Waals surface area contributed by atoms with Gasteiger partial charge in [0.05, 0.1) is 11.8 Å². The molecule has 0 radical (unpaired) electrons. The van der Waals surface area contributed by atoms with Crippen molar-refractivity contribution in [2.75, 3.05) is 0 Å². The van der Waals surface area contributed by atoms with Gasteiger partial charge in [-0.3, -0.25) is 9.48 Å². The largest absolute Gasteiger partial charge is 0.480 e. The van der Waals surface area contributed by atoms with Gasteiger partial charge in [-0.2, -0.15) is 5.10 Å². The van der Waals surface area contributed by atoms with Crippen LogP contribution in [0.5, 0.6) is 0 Å². The summed E-state index contributed by atoms with van der Waals surface area (Å²) in [7, 11) is 0. The Bertz CT molecular complexity index is 622. The summed E-state index contributed by atoms with van der Waals surface area (Å²) in [4.78, 5) is 23.3. The zero-order valence-electron chi connectivity index (χ0n) is 11.7. The monoisotopic (exact) mass is 287 g/mol. The van der Waals surface area contributed by atoms with Crippen molar-refractivity contribution in [2.45, 2.75) is 25.9 Å². The molecular weight excluding hydrogens is 270 g/mol. The predicted octanol–water partition coefficient (Wildman–Crippen LogP) is 1.33. The van der Waals surface area contributed by atoms with Gasteiger partial charge in [0.25, 0.3) is 5.91 Å². The molecule has 1 atom stereocenters. The zero-order valence-corrected chi connectivity index (χ0v) is 11.7. The Morgan fingerprint density at radius 1 is 1.33 bits per heavy atom. The predicted molar refractivity (Wildman–Crippen MR) is 76.9 cm³/mol. The molecule has 0 fully saturated rings. The van der Waals surface area contributed by atoms with Crippen LogP contribution in [-0.2, 0) is 17.8 Å². The summed E-state index contributed by atoms with van der Waals surface area (Å²) < 4.78 is 1.61. The zero-order chi connectivity index (χ0) is 15.2. The van der Waals surface area contributed by atoms with Crippen molar-refractivity contribution >= 4 is 11.9 Å². The van der Waals surface area contributed by atoms with E-state index in [1.165, 1.54) is 6.20 Å². The Balaban J connectivity index is 2.05. The number of hydrogen-bond donors (Lipinski definition) is 2. The fourth-order valence-corrected chi connectivity index (χ4v) is 1.95. The molecule has 0 saturated carbocycles. The third-order valence-electron chi connectivity index (χ3n) is 3.11. The maximum absolute atomic E-state index is 12.1. The standard InChI is InChI=1S/C15H17N3O3/c1-2-18-10-12(9-16-18)14(19)17-13(15(20)21)8-11-6-4-3-5-7-11/h3-7,9-10,13H,2,8H2,1H3,(H,17,19)(H,20,21). The molecule has 0 aliphatic rings. The maximum atomic E-state index is 12.1. The van der Waals surface area contributed by atoms with Gasteiger partial charge in [-0.25, -0.2) is 4.79 Å². The van der Waals surface area contributed by atoms with Crippen molar-refractivity contribution in [3.8, 4) is 0 Å². The van der Waals surface area contributed by atoms with E-state index in [4.69, 9.17) is 0 Å². The quantitative estimate of drug-likeness (QED) is 0.839. The summed E-state index contributed by atoms with van der Waals surface area (Å²) in [5.74, 6) is -1.49. The highest BCUT2D eigenvalue weighted by molar-refractivity contribution is 5.96. The highest BCUT2D eigenvalue weighted by Crippen LogP contribution is 2.05. The summed E-state index contributed by atoms with van der Waals surface area (Å²) in [5, 5.41) is 15.8. The van der Waals surface area contributed by atoms with E-state index in [2.05, 4.69) is 10.4 Å². The number of hydrogen-bond acceptors (Lipinski definition) is 3. The minimum atomic E-state index is -1.06. The molecule has 1 aromatic carbocycles. The van der Waals surface area contributed by atoms with Crippen LogP contribution >= 0.6 is 0 Å². The van der Waals surface area contributed by atoms with Gasteiger partial charge in [0, 0.05) is 19.2 Å². The Morgan fingerprint density at radius 3 is 2.62 bits per heavy atom. The molecule has 2 aromatic rings.